The summed E-state index contributed by atoms with van der Waals surface area (Å²) in [6.07, 6.45) is 2.37. The second kappa shape index (κ2) is 8.17. The zero-order valence-corrected chi connectivity index (χ0v) is 16.7. The highest BCUT2D eigenvalue weighted by atomic mass is 19.1. The van der Waals surface area contributed by atoms with Gasteiger partial charge in [0.15, 0.2) is 0 Å². The number of aromatic nitrogens is 2. The molecule has 0 saturated heterocycles. The van der Waals surface area contributed by atoms with E-state index in [1.165, 1.54) is 36.1 Å². The fourth-order valence-corrected chi connectivity index (χ4v) is 3.52. The number of nitrogens with zero attached hydrogens (tertiary/aromatic N) is 2. The summed E-state index contributed by atoms with van der Waals surface area (Å²) in [5.74, 6) is 0.706. The first-order valence-electron chi connectivity index (χ1n) is 9.92. The van der Waals surface area contributed by atoms with Gasteiger partial charge in [-0.25, -0.2) is 9.07 Å². The van der Waals surface area contributed by atoms with Gasteiger partial charge < -0.3 is 10.6 Å². The minimum Gasteiger partial charge on any atom is -0.309 e. The van der Waals surface area contributed by atoms with Crippen LogP contribution < -0.4 is 10.6 Å². The Kier molecular flexibility index (Phi) is 5.45. The van der Waals surface area contributed by atoms with Crippen LogP contribution in [0, 0.1) is 25.6 Å². The van der Waals surface area contributed by atoms with Gasteiger partial charge in [-0.3, -0.25) is 4.79 Å². The Morgan fingerprint density at radius 1 is 1.14 bits per heavy atom. The summed E-state index contributed by atoms with van der Waals surface area (Å²) in [5.41, 5.74) is 3.91. The molecule has 2 N–H and O–H groups in total. The number of carbonyl (C=O) groups excluding carboxylic acids is 1. The van der Waals surface area contributed by atoms with Crippen LogP contribution >= 0.6 is 0 Å². The number of carbonyl (C=O) groups is 1. The second-order valence-corrected chi connectivity index (χ2v) is 7.71. The smallest absolute Gasteiger partial charge is 0.239 e. The molecular weight excluding hydrogens is 367 g/mol. The van der Waals surface area contributed by atoms with Crippen LogP contribution in [0.1, 0.15) is 35.7 Å². The van der Waals surface area contributed by atoms with E-state index in [0.717, 1.165) is 5.69 Å². The van der Waals surface area contributed by atoms with Crippen molar-refractivity contribution in [3.63, 3.8) is 0 Å². The maximum atomic E-state index is 13.2. The summed E-state index contributed by atoms with van der Waals surface area (Å²) in [7, 11) is 0. The van der Waals surface area contributed by atoms with Crippen molar-refractivity contribution in [1.82, 2.24) is 15.1 Å². The number of hydrogen-bond acceptors (Lipinski definition) is 3. The number of amides is 1. The summed E-state index contributed by atoms with van der Waals surface area (Å²) in [5, 5.41) is 10.8. The van der Waals surface area contributed by atoms with E-state index in [-0.39, 0.29) is 24.3 Å². The van der Waals surface area contributed by atoms with Gasteiger partial charge in [0.1, 0.15) is 11.6 Å². The van der Waals surface area contributed by atoms with E-state index in [2.05, 4.69) is 46.9 Å². The van der Waals surface area contributed by atoms with Gasteiger partial charge in [0.2, 0.25) is 5.91 Å². The molecule has 1 amide bonds. The third-order valence-electron chi connectivity index (χ3n) is 5.18. The van der Waals surface area contributed by atoms with Crippen LogP contribution in [-0.2, 0) is 4.79 Å². The lowest BCUT2D eigenvalue weighted by atomic mass is 10.0. The first-order chi connectivity index (χ1) is 14.0. The average Bonchev–Trinajstić information content (AvgIpc) is 3.47. The standard InChI is InChI=1S/C23H25FN4O/c1-15-3-5-17(6-4-15)23(18-7-8-18)25-14-22(29)26-21-13-16(2)27-28(21)20-11-9-19(24)10-12-20/h3-6,9-13,18,23,25H,7-8,14H2,1-2H3,(H,26,29)/t23-/m0/s1. The van der Waals surface area contributed by atoms with Crippen molar-refractivity contribution in [1.29, 1.82) is 0 Å². The first kappa shape index (κ1) is 19.3. The molecule has 0 unspecified atom stereocenters. The van der Waals surface area contributed by atoms with E-state index in [1.54, 1.807) is 22.9 Å². The lowest BCUT2D eigenvalue weighted by molar-refractivity contribution is -0.115. The predicted octanol–water partition coefficient (Wildman–Crippen LogP) is 4.31. The predicted molar refractivity (Wildman–Crippen MR) is 112 cm³/mol. The lowest BCUT2D eigenvalue weighted by Crippen LogP contribution is -2.32. The van der Waals surface area contributed by atoms with E-state index >= 15 is 0 Å². The van der Waals surface area contributed by atoms with Crippen LogP contribution in [0.3, 0.4) is 0 Å². The number of aryl methyl sites for hydroxylation is 2. The Morgan fingerprint density at radius 2 is 1.83 bits per heavy atom. The molecule has 1 aliphatic carbocycles. The van der Waals surface area contributed by atoms with Gasteiger partial charge in [0.05, 0.1) is 17.9 Å². The number of benzene rings is 2. The summed E-state index contributed by atoms with van der Waals surface area (Å²) in [6, 6.07) is 16.5. The third kappa shape index (κ3) is 4.71. The fourth-order valence-electron chi connectivity index (χ4n) is 3.52. The molecule has 150 valence electrons. The van der Waals surface area contributed by atoms with Crippen molar-refractivity contribution in [3.05, 3.63) is 77.2 Å². The maximum Gasteiger partial charge on any atom is 0.239 e. The summed E-state index contributed by atoms with van der Waals surface area (Å²) in [6.45, 7) is 4.14. The fraction of sp³-hybridized carbons (Fsp3) is 0.304. The van der Waals surface area contributed by atoms with Gasteiger partial charge in [-0.15, -0.1) is 0 Å². The molecule has 1 aliphatic rings. The molecule has 0 bridgehead atoms. The van der Waals surface area contributed by atoms with Gasteiger partial charge in [0.25, 0.3) is 0 Å². The molecule has 1 fully saturated rings. The maximum absolute atomic E-state index is 13.2. The number of anilines is 1. The third-order valence-corrected chi connectivity index (χ3v) is 5.18. The molecule has 3 aromatic rings. The highest BCUT2D eigenvalue weighted by Gasteiger charge is 2.32. The van der Waals surface area contributed by atoms with Gasteiger partial charge in [-0.1, -0.05) is 29.8 Å². The Bertz CT molecular complexity index is 991. The van der Waals surface area contributed by atoms with E-state index in [9.17, 15) is 9.18 Å². The monoisotopic (exact) mass is 392 g/mol. The van der Waals surface area contributed by atoms with Crippen LogP contribution in [-0.4, -0.2) is 22.2 Å². The number of nitrogens with one attached hydrogen (secondary N) is 2. The zero-order chi connectivity index (χ0) is 20.4. The molecule has 1 atom stereocenters. The summed E-state index contributed by atoms with van der Waals surface area (Å²) in [4.78, 5) is 12.6. The lowest BCUT2D eigenvalue weighted by Gasteiger charge is -2.19. The Hall–Kier alpha value is -2.99. The highest BCUT2D eigenvalue weighted by molar-refractivity contribution is 5.91. The van der Waals surface area contributed by atoms with Crippen molar-refractivity contribution in [2.24, 2.45) is 5.92 Å². The molecule has 0 aliphatic heterocycles. The van der Waals surface area contributed by atoms with Gasteiger partial charge >= 0.3 is 0 Å². The molecule has 0 radical (unpaired) electrons. The Labute approximate surface area is 169 Å². The Morgan fingerprint density at radius 3 is 2.48 bits per heavy atom. The normalized spacial score (nSPS) is 14.6. The van der Waals surface area contributed by atoms with Crippen LogP contribution in [0.25, 0.3) is 5.69 Å². The molecule has 1 heterocycles. The molecule has 1 saturated carbocycles. The highest BCUT2D eigenvalue weighted by Crippen LogP contribution is 2.40. The van der Waals surface area contributed by atoms with E-state index in [4.69, 9.17) is 0 Å². The van der Waals surface area contributed by atoms with Crippen LogP contribution in [0.15, 0.2) is 54.6 Å². The van der Waals surface area contributed by atoms with Crippen molar-refractivity contribution < 1.29 is 9.18 Å². The van der Waals surface area contributed by atoms with E-state index < -0.39 is 0 Å². The number of hydrogen-bond donors (Lipinski definition) is 2. The second-order valence-electron chi connectivity index (χ2n) is 7.71. The molecule has 29 heavy (non-hydrogen) atoms. The van der Waals surface area contributed by atoms with Gasteiger partial charge in [0, 0.05) is 12.1 Å². The van der Waals surface area contributed by atoms with Crippen molar-refractivity contribution in [2.75, 3.05) is 11.9 Å². The average molecular weight is 392 g/mol. The largest absolute Gasteiger partial charge is 0.309 e. The van der Waals surface area contributed by atoms with Crippen molar-refractivity contribution in [2.45, 2.75) is 32.7 Å². The molecule has 6 heteroatoms. The molecule has 0 spiro atoms. The van der Waals surface area contributed by atoms with Crippen molar-refractivity contribution >= 4 is 11.7 Å². The van der Waals surface area contributed by atoms with Crippen LogP contribution in [0.4, 0.5) is 10.2 Å². The molecule has 4 rings (SSSR count). The Balaban J connectivity index is 1.43. The summed E-state index contributed by atoms with van der Waals surface area (Å²) < 4.78 is 14.8. The van der Waals surface area contributed by atoms with Gasteiger partial charge in [-0.2, -0.15) is 5.10 Å². The minimum absolute atomic E-state index is 0.133. The quantitative estimate of drug-likeness (QED) is 0.630. The van der Waals surface area contributed by atoms with E-state index in [0.29, 0.717) is 17.4 Å². The number of halogens is 1. The molecule has 1 aromatic heterocycles. The topological polar surface area (TPSA) is 59.0 Å². The van der Waals surface area contributed by atoms with Crippen molar-refractivity contribution in [3.8, 4) is 5.69 Å². The van der Waals surface area contributed by atoms with Gasteiger partial charge in [-0.05, 0) is 62.4 Å². The molecule has 2 aromatic carbocycles. The zero-order valence-electron chi connectivity index (χ0n) is 16.7. The molecular formula is C23H25FN4O. The van der Waals surface area contributed by atoms with Crippen LogP contribution in [0.2, 0.25) is 0 Å². The minimum atomic E-state index is -0.311. The first-order valence-corrected chi connectivity index (χ1v) is 9.92. The SMILES string of the molecule is Cc1ccc([C@H](NCC(=O)Nc2cc(C)nn2-c2ccc(F)cc2)C2CC2)cc1. The molecule has 5 nitrogen and oxygen atoms in total. The summed E-state index contributed by atoms with van der Waals surface area (Å²) >= 11 is 0. The van der Waals surface area contributed by atoms with Crippen LogP contribution in [0.5, 0.6) is 0 Å². The van der Waals surface area contributed by atoms with E-state index in [1.807, 2.05) is 6.92 Å². The number of rotatable bonds is 7.